The summed E-state index contributed by atoms with van der Waals surface area (Å²) >= 11 is 0. The third kappa shape index (κ3) is 3.75. The number of anilines is 1. The van der Waals surface area contributed by atoms with Gasteiger partial charge in [0.2, 0.25) is 0 Å². The second-order valence-corrected chi connectivity index (χ2v) is 6.58. The summed E-state index contributed by atoms with van der Waals surface area (Å²) in [5.41, 5.74) is 2.75. The maximum atomic E-state index is 3.75. The molecule has 1 saturated carbocycles. The van der Waals surface area contributed by atoms with Crippen molar-refractivity contribution in [2.24, 2.45) is 11.8 Å². The van der Waals surface area contributed by atoms with Gasteiger partial charge in [-0.05, 0) is 54.7 Å². The van der Waals surface area contributed by atoms with Crippen LogP contribution in [0.25, 0.3) is 0 Å². The van der Waals surface area contributed by atoms with Gasteiger partial charge in [-0.25, -0.2) is 0 Å². The van der Waals surface area contributed by atoms with Gasteiger partial charge in [-0.2, -0.15) is 0 Å². The summed E-state index contributed by atoms with van der Waals surface area (Å²) < 4.78 is 0. The highest BCUT2D eigenvalue weighted by molar-refractivity contribution is 5.46. The van der Waals surface area contributed by atoms with Gasteiger partial charge in [-0.1, -0.05) is 46.2 Å². The van der Waals surface area contributed by atoms with Crippen LogP contribution in [0.2, 0.25) is 0 Å². The predicted molar refractivity (Wildman–Crippen MR) is 84.7 cm³/mol. The molecule has 106 valence electrons. The molecule has 1 aromatic rings. The molecular weight excluding hydrogens is 230 g/mol. The van der Waals surface area contributed by atoms with Crippen molar-refractivity contribution >= 4 is 5.69 Å². The average Bonchev–Trinajstić information content (AvgIpc) is 2.43. The van der Waals surface area contributed by atoms with E-state index in [9.17, 15) is 0 Å². The molecule has 1 heteroatoms. The van der Waals surface area contributed by atoms with Gasteiger partial charge in [-0.15, -0.1) is 0 Å². The average molecular weight is 259 g/mol. The molecule has 1 aliphatic carbocycles. The molecule has 1 aromatic carbocycles. The Balaban J connectivity index is 1.98. The van der Waals surface area contributed by atoms with Crippen LogP contribution >= 0.6 is 0 Å². The van der Waals surface area contributed by atoms with Crippen LogP contribution in [0.5, 0.6) is 0 Å². The summed E-state index contributed by atoms with van der Waals surface area (Å²) in [5.74, 6) is 2.33. The molecule has 1 fully saturated rings. The lowest BCUT2D eigenvalue weighted by Gasteiger charge is -2.34. The number of hydrogen-bond acceptors (Lipinski definition) is 1. The predicted octanol–water partition coefficient (Wildman–Crippen LogP) is 5.44. The van der Waals surface area contributed by atoms with Crippen LogP contribution in [0.4, 0.5) is 5.69 Å². The monoisotopic (exact) mass is 259 g/mol. The SMILES string of the molecule is CCC(C)c1ccc(NC2CC(C)CCC2C)cc1. The molecule has 1 nitrogen and oxygen atoms in total. The Morgan fingerprint density at radius 1 is 1.16 bits per heavy atom. The molecule has 4 unspecified atom stereocenters. The molecule has 0 spiro atoms. The quantitative estimate of drug-likeness (QED) is 0.759. The molecule has 1 N–H and O–H groups in total. The smallest absolute Gasteiger partial charge is 0.0342 e. The first kappa shape index (κ1) is 14.4. The molecule has 0 bridgehead atoms. The second-order valence-electron chi connectivity index (χ2n) is 6.58. The van der Waals surface area contributed by atoms with Crippen molar-refractivity contribution in [3.05, 3.63) is 29.8 Å². The largest absolute Gasteiger partial charge is 0.382 e. The van der Waals surface area contributed by atoms with E-state index in [2.05, 4.69) is 57.3 Å². The maximum absolute atomic E-state index is 3.75. The molecule has 0 saturated heterocycles. The second kappa shape index (κ2) is 6.45. The summed E-state index contributed by atoms with van der Waals surface area (Å²) in [7, 11) is 0. The topological polar surface area (TPSA) is 12.0 Å². The Morgan fingerprint density at radius 3 is 2.47 bits per heavy atom. The van der Waals surface area contributed by atoms with Crippen molar-refractivity contribution in [2.45, 2.75) is 65.3 Å². The summed E-state index contributed by atoms with van der Waals surface area (Å²) in [6.45, 7) is 9.32. The highest BCUT2D eigenvalue weighted by atomic mass is 14.9. The molecule has 2 rings (SSSR count). The van der Waals surface area contributed by atoms with Gasteiger partial charge in [-0.3, -0.25) is 0 Å². The highest BCUT2D eigenvalue weighted by Gasteiger charge is 2.25. The van der Waals surface area contributed by atoms with E-state index in [1.165, 1.54) is 36.9 Å². The van der Waals surface area contributed by atoms with Crippen LogP contribution < -0.4 is 5.32 Å². The van der Waals surface area contributed by atoms with Crippen molar-refractivity contribution in [3.8, 4) is 0 Å². The summed E-state index contributed by atoms with van der Waals surface area (Å²) in [6, 6.07) is 9.74. The van der Waals surface area contributed by atoms with Crippen molar-refractivity contribution in [3.63, 3.8) is 0 Å². The van der Waals surface area contributed by atoms with Crippen LogP contribution in [-0.4, -0.2) is 6.04 Å². The minimum absolute atomic E-state index is 0.651. The van der Waals surface area contributed by atoms with Gasteiger partial charge in [0.05, 0.1) is 0 Å². The third-order valence-corrected chi connectivity index (χ3v) is 4.90. The molecule has 19 heavy (non-hydrogen) atoms. The Hall–Kier alpha value is -0.980. The van der Waals surface area contributed by atoms with Crippen LogP contribution in [0.1, 0.15) is 64.9 Å². The van der Waals surface area contributed by atoms with Crippen molar-refractivity contribution in [2.75, 3.05) is 5.32 Å². The minimum Gasteiger partial charge on any atom is -0.382 e. The van der Waals surface area contributed by atoms with E-state index >= 15 is 0 Å². The first-order valence-corrected chi connectivity index (χ1v) is 7.96. The number of benzene rings is 1. The zero-order valence-electron chi connectivity index (χ0n) is 12.9. The fraction of sp³-hybridized carbons (Fsp3) is 0.667. The van der Waals surface area contributed by atoms with Crippen LogP contribution in [0.3, 0.4) is 0 Å². The van der Waals surface area contributed by atoms with Crippen molar-refractivity contribution < 1.29 is 0 Å². The zero-order valence-corrected chi connectivity index (χ0v) is 12.9. The highest BCUT2D eigenvalue weighted by Crippen LogP contribution is 2.31. The molecule has 1 aliphatic rings. The zero-order chi connectivity index (χ0) is 13.8. The Labute approximate surface area is 118 Å². The lowest BCUT2D eigenvalue weighted by molar-refractivity contribution is 0.281. The Kier molecular flexibility index (Phi) is 4.90. The molecule has 0 radical (unpaired) electrons. The molecule has 4 atom stereocenters. The number of hydrogen-bond donors (Lipinski definition) is 1. The molecule has 0 aromatic heterocycles. The van der Waals surface area contributed by atoms with Crippen LogP contribution in [0, 0.1) is 11.8 Å². The van der Waals surface area contributed by atoms with Gasteiger partial charge in [0.15, 0.2) is 0 Å². The fourth-order valence-electron chi connectivity index (χ4n) is 3.09. The Bertz CT molecular complexity index is 381. The third-order valence-electron chi connectivity index (χ3n) is 4.90. The van der Waals surface area contributed by atoms with Crippen molar-refractivity contribution in [1.82, 2.24) is 0 Å². The Morgan fingerprint density at radius 2 is 1.84 bits per heavy atom. The minimum atomic E-state index is 0.651. The summed E-state index contributed by atoms with van der Waals surface area (Å²) in [6.07, 6.45) is 5.29. The maximum Gasteiger partial charge on any atom is 0.0342 e. The van der Waals surface area contributed by atoms with E-state index in [-0.39, 0.29) is 0 Å². The fourth-order valence-corrected chi connectivity index (χ4v) is 3.09. The number of nitrogens with one attached hydrogen (secondary N) is 1. The number of rotatable bonds is 4. The molecule has 0 heterocycles. The lowest BCUT2D eigenvalue weighted by atomic mass is 9.80. The van der Waals surface area contributed by atoms with Gasteiger partial charge < -0.3 is 5.32 Å². The van der Waals surface area contributed by atoms with Gasteiger partial charge >= 0.3 is 0 Å². The first-order chi connectivity index (χ1) is 9.10. The van der Waals surface area contributed by atoms with E-state index in [4.69, 9.17) is 0 Å². The van der Waals surface area contributed by atoms with E-state index in [1.807, 2.05) is 0 Å². The van der Waals surface area contributed by atoms with E-state index in [0.29, 0.717) is 12.0 Å². The van der Waals surface area contributed by atoms with E-state index < -0.39 is 0 Å². The lowest BCUT2D eigenvalue weighted by Crippen LogP contribution is -2.33. The first-order valence-electron chi connectivity index (χ1n) is 7.96. The van der Waals surface area contributed by atoms with E-state index in [1.54, 1.807) is 0 Å². The summed E-state index contributed by atoms with van der Waals surface area (Å²) in [4.78, 5) is 0. The molecular formula is C18H29N. The normalized spacial score (nSPS) is 28.9. The molecule has 0 amide bonds. The van der Waals surface area contributed by atoms with Crippen molar-refractivity contribution in [1.29, 1.82) is 0 Å². The van der Waals surface area contributed by atoms with Gasteiger partial charge in [0.1, 0.15) is 0 Å². The summed E-state index contributed by atoms with van der Waals surface area (Å²) in [5, 5.41) is 3.75. The van der Waals surface area contributed by atoms with Crippen LogP contribution in [-0.2, 0) is 0 Å². The van der Waals surface area contributed by atoms with Crippen LogP contribution in [0.15, 0.2) is 24.3 Å². The molecule has 0 aliphatic heterocycles. The van der Waals surface area contributed by atoms with Gasteiger partial charge in [0, 0.05) is 11.7 Å². The van der Waals surface area contributed by atoms with Gasteiger partial charge in [0.25, 0.3) is 0 Å². The van der Waals surface area contributed by atoms with E-state index in [0.717, 1.165) is 11.8 Å². The standard InChI is InChI=1S/C18H29N/c1-5-14(3)16-8-10-17(11-9-16)19-18-12-13(2)6-7-15(18)4/h8-11,13-15,18-19H,5-7,12H2,1-4H3.